The van der Waals surface area contributed by atoms with Crippen LogP contribution in [0.4, 0.5) is 0 Å². The minimum Gasteiger partial charge on any atom is -0.481 e. The van der Waals surface area contributed by atoms with Gasteiger partial charge in [0.25, 0.3) is 5.97 Å². The summed E-state index contributed by atoms with van der Waals surface area (Å²) in [5, 5.41) is 21.8. The monoisotopic (exact) mass is 255 g/mol. The first-order chi connectivity index (χ1) is 8.25. The molecule has 0 atom stereocenters. The van der Waals surface area contributed by atoms with Crippen molar-refractivity contribution in [2.45, 2.75) is 13.3 Å². The first-order valence-electron chi connectivity index (χ1n) is 4.80. The molecule has 0 spiro atoms. The Kier molecular flexibility index (Phi) is 10.8. The Morgan fingerprint density at radius 1 is 1.17 bits per heavy atom. The maximum absolute atomic E-state index is 10.2. The van der Waals surface area contributed by atoms with E-state index < -0.39 is 11.9 Å². The quantitative estimate of drug-likeness (QED) is 0.377. The minimum absolute atomic E-state index is 0.112. The van der Waals surface area contributed by atoms with Crippen molar-refractivity contribution in [1.82, 2.24) is 0 Å². The number of carbonyl (C=O) groups is 2. The van der Waals surface area contributed by atoms with Gasteiger partial charge in [-0.15, -0.1) is 0 Å². The molecule has 7 nitrogen and oxygen atoms in total. The molecule has 1 aromatic rings. The predicted octanol–water partition coefficient (Wildman–Crippen LogP) is 0.243. The summed E-state index contributed by atoms with van der Waals surface area (Å²) in [4.78, 5) is 19.2. The molecule has 0 heterocycles. The second-order valence-corrected chi connectivity index (χ2v) is 3.03. The van der Waals surface area contributed by atoms with Crippen molar-refractivity contribution in [3.8, 4) is 0 Å². The second kappa shape index (κ2) is 10.9. The second-order valence-electron chi connectivity index (χ2n) is 3.03. The third-order valence-electron chi connectivity index (χ3n) is 1.20. The number of carboxylic acid groups (broad SMARTS) is 2. The van der Waals surface area contributed by atoms with E-state index in [4.69, 9.17) is 20.4 Å². The van der Waals surface area contributed by atoms with Gasteiger partial charge in [-0.2, -0.15) is 0 Å². The van der Waals surface area contributed by atoms with Crippen LogP contribution in [0.5, 0.6) is 0 Å². The van der Waals surface area contributed by atoms with Gasteiger partial charge >= 0.3 is 5.97 Å². The van der Waals surface area contributed by atoms with Crippen LogP contribution in [0.25, 0.3) is 0 Å². The van der Waals surface area contributed by atoms with Crippen LogP contribution in [0.1, 0.15) is 12.5 Å². The van der Waals surface area contributed by atoms with Crippen LogP contribution in [0.2, 0.25) is 0 Å². The molecule has 0 amide bonds. The molecule has 0 aliphatic heterocycles. The van der Waals surface area contributed by atoms with E-state index in [-0.39, 0.29) is 12.4 Å². The topological polar surface area (TPSA) is 150 Å². The highest BCUT2D eigenvalue weighted by atomic mass is 16.4. The Labute approximate surface area is 105 Å². The lowest BCUT2D eigenvalue weighted by Crippen LogP contribution is -2.20. The Morgan fingerprint density at radius 3 is 1.78 bits per heavy atom. The lowest BCUT2D eigenvalue weighted by Gasteiger charge is -1.92. The number of benzene rings is 1. The van der Waals surface area contributed by atoms with Gasteiger partial charge in [0.05, 0.1) is 6.42 Å². The van der Waals surface area contributed by atoms with Crippen molar-refractivity contribution in [3.05, 3.63) is 35.9 Å². The summed E-state index contributed by atoms with van der Waals surface area (Å²) in [5.41, 5.74) is 9.79. The van der Waals surface area contributed by atoms with Crippen molar-refractivity contribution in [2.75, 3.05) is 0 Å². The SMILES string of the molecule is CC(=O)O.N=C(N)N.O=C(O)Cc1ccccc1. The molecule has 0 aromatic heterocycles. The molecule has 0 radical (unpaired) electrons. The molecular weight excluding hydrogens is 238 g/mol. The van der Waals surface area contributed by atoms with E-state index >= 15 is 0 Å². The van der Waals surface area contributed by atoms with Crippen LogP contribution in [-0.4, -0.2) is 28.1 Å². The van der Waals surface area contributed by atoms with E-state index in [1.807, 2.05) is 18.2 Å². The summed E-state index contributed by atoms with van der Waals surface area (Å²) in [5.74, 6) is -1.95. The molecular formula is C11H17N3O4. The van der Waals surface area contributed by atoms with Gasteiger partial charge in [-0.25, -0.2) is 0 Å². The Hall–Kier alpha value is -2.57. The van der Waals surface area contributed by atoms with E-state index in [0.29, 0.717) is 0 Å². The molecule has 0 aliphatic carbocycles. The van der Waals surface area contributed by atoms with E-state index in [0.717, 1.165) is 12.5 Å². The van der Waals surface area contributed by atoms with Crippen LogP contribution in [0.15, 0.2) is 30.3 Å². The highest BCUT2D eigenvalue weighted by Crippen LogP contribution is 1.98. The van der Waals surface area contributed by atoms with Gasteiger partial charge in [-0.05, 0) is 5.56 Å². The number of aliphatic carboxylic acids is 2. The summed E-state index contributed by atoms with van der Waals surface area (Å²) in [6.07, 6.45) is 0.112. The standard InChI is InChI=1S/C8H8O2.C2H4O2.CH5N3/c9-8(10)6-7-4-2-1-3-5-7;1-2(3)4;2-1(3)4/h1-5H,6H2,(H,9,10);1H3,(H,3,4);(H5,2,3,4). The molecule has 7 N–H and O–H groups in total. The molecule has 0 fully saturated rings. The van der Waals surface area contributed by atoms with E-state index in [2.05, 4.69) is 11.5 Å². The van der Waals surface area contributed by atoms with Gasteiger partial charge in [0.2, 0.25) is 0 Å². The van der Waals surface area contributed by atoms with Crippen molar-refractivity contribution < 1.29 is 19.8 Å². The predicted molar refractivity (Wildman–Crippen MR) is 67.2 cm³/mol. The lowest BCUT2D eigenvalue weighted by molar-refractivity contribution is -0.136. The zero-order valence-corrected chi connectivity index (χ0v) is 9.96. The number of hydrogen-bond donors (Lipinski definition) is 5. The molecule has 18 heavy (non-hydrogen) atoms. The average molecular weight is 255 g/mol. The number of hydrogen-bond acceptors (Lipinski definition) is 3. The molecule has 1 aromatic carbocycles. The van der Waals surface area contributed by atoms with Crippen molar-refractivity contribution in [2.24, 2.45) is 11.5 Å². The van der Waals surface area contributed by atoms with Crippen LogP contribution in [-0.2, 0) is 16.0 Å². The molecule has 0 saturated heterocycles. The largest absolute Gasteiger partial charge is 0.481 e. The maximum Gasteiger partial charge on any atom is 0.307 e. The fourth-order valence-corrected chi connectivity index (χ4v) is 0.770. The minimum atomic E-state index is -0.833. The Bertz CT molecular complexity index is 359. The summed E-state index contributed by atoms with van der Waals surface area (Å²) in [6.45, 7) is 1.08. The van der Waals surface area contributed by atoms with Crippen molar-refractivity contribution in [3.63, 3.8) is 0 Å². The zero-order chi connectivity index (χ0) is 14.6. The first-order valence-corrected chi connectivity index (χ1v) is 4.80. The van der Waals surface area contributed by atoms with Gasteiger partial charge in [-0.1, -0.05) is 30.3 Å². The average Bonchev–Trinajstić information content (AvgIpc) is 2.16. The fraction of sp³-hybridized carbons (Fsp3) is 0.182. The van der Waals surface area contributed by atoms with E-state index in [1.54, 1.807) is 12.1 Å². The van der Waals surface area contributed by atoms with Gasteiger partial charge in [0, 0.05) is 6.92 Å². The summed E-state index contributed by atoms with van der Waals surface area (Å²) in [7, 11) is 0. The van der Waals surface area contributed by atoms with E-state index in [1.165, 1.54) is 0 Å². The van der Waals surface area contributed by atoms with Gasteiger partial charge in [0.15, 0.2) is 5.96 Å². The van der Waals surface area contributed by atoms with E-state index in [9.17, 15) is 4.79 Å². The lowest BCUT2D eigenvalue weighted by atomic mass is 10.2. The molecule has 0 bridgehead atoms. The third-order valence-corrected chi connectivity index (χ3v) is 1.20. The number of carboxylic acids is 2. The smallest absolute Gasteiger partial charge is 0.307 e. The maximum atomic E-state index is 10.2. The number of rotatable bonds is 2. The molecule has 7 heteroatoms. The zero-order valence-electron chi connectivity index (χ0n) is 9.96. The highest BCUT2D eigenvalue weighted by molar-refractivity contribution is 5.71. The Morgan fingerprint density at radius 2 is 1.50 bits per heavy atom. The third kappa shape index (κ3) is 23.3. The molecule has 0 saturated carbocycles. The summed E-state index contributed by atoms with van der Waals surface area (Å²) in [6, 6.07) is 9.13. The Balaban J connectivity index is 0. The van der Waals surface area contributed by atoms with Crippen LogP contribution < -0.4 is 11.5 Å². The fourth-order valence-electron chi connectivity index (χ4n) is 0.770. The summed E-state index contributed by atoms with van der Waals surface area (Å²) < 4.78 is 0. The molecule has 1 rings (SSSR count). The normalized spacial score (nSPS) is 7.83. The van der Waals surface area contributed by atoms with Crippen LogP contribution in [0, 0.1) is 5.41 Å². The molecule has 0 unspecified atom stereocenters. The first kappa shape index (κ1) is 17.8. The van der Waals surface area contributed by atoms with Crippen LogP contribution >= 0.6 is 0 Å². The van der Waals surface area contributed by atoms with Crippen molar-refractivity contribution in [1.29, 1.82) is 5.41 Å². The highest BCUT2D eigenvalue weighted by Gasteiger charge is 1.96. The number of guanidine groups is 1. The number of nitrogens with two attached hydrogens (primary N) is 2. The number of nitrogens with one attached hydrogen (secondary N) is 1. The van der Waals surface area contributed by atoms with Gasteiger partial charge in [0.1, 0.15) is 0 Å². The molecule has 100 valence electrons. The van der Waals surface area contributed by atoms with Crippen LogP contribution in [0.3, 0.4) is 0 Å². The van der Waals surface area contributed by atoms with Gasteiger partial charge in [-0.3, -0.25) is 15.0 Å². The van der Waals surface area contributed by atoms with Gasteiger partial charge < -0.3 is 21.7 Å². The van der Waals surface area contributed by atoms with Crippen molar-refractivity contribution >= 4 is 17.9 Å². The molecule has 0 aliphatic rings. The summed E-state index contributed by atoms with van der Waals surface area (Å²) >= 11 is 0.